The predicted molar refractivity (Wildman–Crippen MR) is 125 cm³/mol. The Morgan fingerprint density at radius 1 is 1.09 bits per heavy atom. The van der Waals surface area contributed by atoms with E-state index in [1.165, 1.54) is 0 Å². The second-order valence-electron chi connectivity index (χ2n) is 12.3. The molecule has 6 nitrogen and oxygen atoms in total. The van der Waals surface area contributed by atoms with E-state index in [0.717, 1.165) is 51.4 Å². The predicted octanol–water partition coefficient (Wildman–Crippen LogP) is 3.28. The van der Waals surface area contributed by atoms with E-state index in [2.05, 4.69) is 33.0 Å². The molecule has 4 fully saturated rings. The Balaban J connectivity index is 1.62. The second-order valence-corrected chi connectivity index (χ2v) is 12.3. The molecule has 12 atom stereocenters. The van der Waals surface area contributed by atoms with Crippen molar-refractivity contribution in [2.24, 2.45) is 58.0 Å². The summed E-state index contributed by atoms with van der Waals surface area (Å²) in [5.41, 5.74) is 5.12. The molecule has 32 heavy (non-hydrogen) atoms. The molecule has 4 saturated carbocycles. The lowest BCUT2D eigenvalue weighted by molar-refractivity contribution is -0.228. The van der Waals surface area contributed by atoms with Gasteiger partial charge in [0.1, 0.15) is 0 Å². The zero-order valence-electron chi connectivity index (χ0n) is 20.5. The van der Waals surface area contributed by atoms with Gasteiger partial charge in [0.2, 0.25) is 0 Å². The van der Waals surface area contributed by atoms with E-state index in [1.807, 2.05) is 0 Å². The van der Waals surface area contributed by atoms with Crippen LogP contribution in [0.15, 0.2) is 0 Å². The number of urea groups is 1. The molecule has 2 amide bonds. The number of hydrogen-bond donors (Lipinski definition) is 5. The molecule has 4 aliphatic carbocycles. The van der Waals surface area contributed by atoms with Crippen LogP contribution in [0.5, 0.6) is 0 Å². The number of amides is 2. The lowest BCUT2D eigenvalue weighted by atomic mass is 9.41. The number of carbonyl (C=O) groups is 1. The van der Waals surface area contributed by atoms with Crippen molar-refractivity contribution in [1.82, 2.24) is 5.32 Å². The second kappa shape index (κ2) is 8.74. The zero-order valence-corrected chi connectivity index (χ0v) is 20.5. The fourth-order valence-corrected chi connectivity index (χ4v) is 9.51. The summed E-state index contributed by atoms with van der Waals surface area (Å²) >= 11 is 0. The van der Waals surface area contributed by atoms with Crippen LogP contribution in [0, 0.1) is 52.3 Å². The molecule has 0 heterocycles. The van der Waals surface area contributed by atoms with Crippen LogP contribution in [0.2, 0.25) is 0 Å². The van der Waals surface area contributed by atoms with Crippen molar-refractivity contribution in [2.75, 3.05) is 6.54 Å². The lowest BCUT2D eigenvalue weighted by Gasteiger charge is -2.65. The van der Waals surface area contributed by atoms with Crippen LogP contribution in [-0.4, -0.2) is 46.2 Å². The summed E-state index contributed by atoms with van der Waals surface area (Å²) < 4.78 is 0. The molecule has 6 heteroatoms. The first-order valence-corrected chi connectivity index (χ1v) is 13.1. The average Bonchev–Trinajstić information content (AvgIpc) is 3.09. The summed E-state index contributed by atoms with van der Waals surface area (Å²) in [6.07, 6.45) is 6.35. The van der Waals surface area contributed by atoms with Crippen molar-refractivity contribution in [3.05, 3.63) is 0 Å². The third-order valence-electron chi connectivity index (χ3n) is 11.2. The van der Waals surface area contributed by atoms with Crippen LogP contribution in [0.3, 0.4) is 0 Å². The molecule has 6 N–H and O–H groups in total. The maximum Gasteiger partial charge on any atom is 0.312 e. The number of aliphatic hydroxyl groups excluding tert-OH is 3. The summed E-state index contributed by atoms with van der Waals surface area (Å²) in [6.45, 7) is 9.68. The number of rotatable bonds is 5. The average molecular weight is 451 g/mol. The number of aliphatic hydroxyl groups is 3. The largest absolute Gasteiger partial charge is 0.393 e. The van der Waals surface area contributed by atoms with E-state index in [-0.39, 0.29) is 41.0 Å². The summed E-state index contributed by atoms with van der Waals surface area (Å²) in [6, 6.07) is -0.482. The van der Waals surface area contributed by atoms with Crippen molar-refractivity contribution >= 4 is 6.03 Å². The molecule has 4 rings (SSSR count). The van der Waals surface area contributed by atoms with Gasteiger partial charge in [-0.15, -0.1) is 0 Å². The fraction of sp³-hybridized carbons (Fsp3) is 0.962. The van der Waals surface area contributed by atoms with Gasteiger partial charge in [-0.05, 0) is 97.2 Å². The highest BCUT2D eigenvalue weighted by Gasteiger charge is 2.67. The normalized spacial score (nSPS) is 51.3. The van der Waals surface area contributed by atoms with Crippen molar-refractivity contribution in [3.8, 4) is 0 Å². The number of hydrogen-bond acceptors (Lipinski definition) is 4. The van der Waals surface area contributed by atoms with Gasteiger partial charge in [0.05, 0.1) is 18.3 Å². The van der Waals surface area contributed by atoms with Crippen molar-refractivity contribution < 1.29 is 20.1 Å². The maximum absolute atomic E-state index is 11.8. The molecule has 4 aliphatic rings. The van der Waals surface area contributed by atoms with Crippen LogP contribution in [-0.2, 0) is 0 Å². The van der Waals surface area contributed by atoms with E-state index in [0.29, 0.717) is 36.1 Å². The monoisotopic (exact) mass is 450 g/mol. The Morgan fingerprint density at radius 3 is 2.47 bits per heavy atom. The highest BCUT2D eigenvalue weighted by atomic mass is 16.3. The number of primary amides is 1. The molecule has 0 aromatic carbocycles. The lowest BCUT2D eigenvalue weighted by Crippen LogP contribution is -2.65. The Morgan fingerprint density at radius 2 is 1.81 bits per heavy atom. The number of nitrogens with two attached hydrogens (primary N) is 1. The van der Waals surface area contributed by atoms with Gasteiger partial charge < -0.3 is 26.4 Å². The minimum atomic E-state index is -0.482. The van der Waals surface area contributed by atoms with E-state index in [9.17, 15) is 20.1 Å². The molecule has 0 aromatic heterocycles. The van der Waals surface area contributed by atoms with Crippen LogP contribution in [0.25, 0.3) is 0 Å². The third-order valence-corrected chi connectivity index (χ3v) is 11.2. The first kappa shape index (κ1) is 24.3. The smallest absolute Gasteiger partial charge is 0.312 e. The molecule has 0 aromatic rings. The molecule has 0 bridgehead atoms. The Labute approximate surface area is 193 Å². The highest BCUT2D eigenvalue weighted by Crippen LogP contribution is 2.69. The van der Waals surface area contributed by atoms with Gasteiger partial charge >= 0.3 is 6.03 Å². The van der Waals surface area contributed by atoms with Gasteiger partial charge in [0, 0.05) is 6.54 Å². The zero-order chi connectivity index (χ0) is 23.4. The molecule has 0 radical (unpaired) electrons. The van der Waals surface area contributed by atoms with Gasteiger partial charge in [0.15, 0.2) is 0 Å². The summed E-state index contributed by atoms with van der Waals surface area (Å²) in [7, 11) is 0. The molecular formula is C26H46N2O4. The number of fused-ring (bicyclic) bond motifs is 5. The van der Waals surface area contributed by atoms with E-state index in [4.69, 9.17) is 5.73 Å². The number of nitrogens with one attached hydrogen (secondary N) is 1. The fourth-order valence-electron chi connectivity index (χ4n) is 9.51. The van der Waals surface area contributed by atoms with Gasteiger partial charge in [-0.25, -0.2) is 4.79 Å². The molecule has 0 spiro atoms. The summed E-state index contributed by atoms with van der Waals surface area (Å²) in [5, 5.41) is 36.6. The van der Waals surface area contributed by atoms with Crippen molar-refractivity contribution in [3.63, 3.8) is 0 Å². The minimum absolute atomic E-state index is 0.0845. The first-order valence-electron chi connectivity index (χ1n) is 13.1. The molecular weight excluding hydrogens is 404 g/mol. The third kappa shape index (κ3) is 3.60. The minimum Gasteiger partial charge on any atom is -0.393 e. The Bertz CT molecular complexity index is 703. The first-order chi connectivity index (χ1) is 15.1. The Kier molecular flexibility index (Phi) is 6.63. The molecule has 0 aliphatic heterocycles. The van der Waals surface area contributed by atoms with Crippen molar-refractivity contribution in [2.45, 2.75) is 97.4 Å². The van der Waals surface area contributed by atoms with Gasteiger partial charge in [-0.3, -0.25) is 0 Å². The quantitative estimate of drug-likeness (QED) is 0.442. The standard InChI is InChI=1S/C26H46N2O4/c1-5-16-19-12-15(29)8-10-25(19,3)20-13-21(30)26(4)17(14(2)9-11-28-24(27)32)6-7-18(26)22(20)23(16)31/h14-23,29-31H,5-13H2,1-4H3,(H3,27,28,32)/t14-,15-,16-,17-,18+,19+,20+,21+,22+,23-,25+,26-/m1/s1. The summed E-state index contributed by atoms with van der Waals surface area (Å²) in [4.78, 5) is 11.1. The van der Waals surface area contributed by atoms with Crippen LogP contribution >= 0.6 is 0 Å². The van der Waals surface area contributed by atoms with Gasteiger partial charge in [-0.1, -0.05) is 34.1 Å². The topological polar surface area (TPSA) is 116 Å². The van der Waals surface area contributed by atoms with Gasteiger partial charge in [-0.2, -0.15) is 0 Å². The highest BCUT2D eigenvalue weighted by molar-refractivity contribution is 5.71. The van der Waals surface area contributed by atoms with E-state index >= 15 is 0 Å². The maximum atomic E-state index is 11.8. The van der Waals surface area contributed by atoms with Gasteiger partial charge in [0.25, 0.3) is 0 Å². The molecule has 184 valence electrons. The van der Waals surface area contributed by atoms with Crippen LogP contribution in [0.4, 0.5) is 4.79 Å². The molecule has 0 unspecified atom stereocenters. The van der Waals surface area contributed by atoms with E-state index < -0.39 is 6.03 Å². The van der Waals surface area contributed by atoms with E-state index in [1.54, 1.807) is 0 Å². The van der Waals surface area contributed by atoms with Crippen LogP contribution < -0.4 is 11.1 Å². The Hall–Kier alpha value is -0.850. The van der Waals surface area contributed by atoms with Crippen molar-refractivity contribution in [1.29, 1.82) is 0 Å². The summed E-state index contributed by atoms with van der Waals surface area (Å²) in [5.74, 6) is 2.18. The van der Waals surface area contributed by atoms with Crippen LogP contribution in [0.1, 0.15) is 79.1 Å². The SMILES string of the molecule is CC[C@H]1[C@@H](O)[C@@H]2[C@H](C[C@H](O)[C@]3(C)[C@@H]([C@H](C)CCNC(N)=O)CC[C@@H]23)[C@@]2(C)CC[C@@H](O)C[C@@H]12. The molecule has 0 saturated heterocycles. The number of carbonyl (C=O) groups excluding carboxylic acids is 1.